The molecule has 0 saturated carbocycles. The molecular weight excluding hydrogens is 283 g/mol. The Hall–Kier alpha value is -0.585. The van der Waals surface area contributed by atoms with E-state index in [0.717, 1.165) is 29.3 Å². The van der Waals surface area contributed by atoms with Gasteiger partial charge in [0.1, 0.15) is 5.82 Å². The topological polar surface area (TPSA) is 56.6 Å². The van der Waals surface area contributed by atoms with Gasteiger partial charge in [-0.2, -0.15) is 0 Å². The highest BCUT2D eigenvalue weighted by atomic mass is 79.9. The molecule has 1 aromatic rings. The Labute approximate surface area is 110 Å². The minimum Gasteiger partial charge on any atom is -0.423 e. The maximum absolute atomic E-state index is 9.07. The molecule has 0 atom stereocenters. The molecule has 2 rings (SSSR count). The van der Waals surface area contributed by atoms with Gasteiger partial charge in [0.05, 0.1) is 4.47 Å². The van der Waals surface area contributed by atoms with Crippen molar-refractivity contribution in [1.82, 2.24) is 4.98 Å². The highest BCUT2D eigenvalue weighted by Gasteiger charge is 2.20. The van der Waals surface area contributed by atoms with E-state index in [-0.39, 0.29) is 0 Å². The molecule has 4 nitrogen and oxygen atoms in total. The highest BCUT2D eigenvalue weighted by Crippen LogP contribution is 2.26. The van der Waals surface area contributed by atoms with E-state index in [9.17, 15) is 0 Å². The fourth-order valence-corrected chi connectivity index (χ4v) is 2.66. The van der Waals surface area contributed by atoms with Gasteiger partial charge in [0.15, 0.2) is 0 Å². The molecule has 0 aliphatic carbocycles. The first-order valence-electron chi connectivity index (χ1n) is 5.84. The van der Waals surface area contributed by atoms with Crippen molar-refractivity contribution < 1.29 is 10.0 Å². The van der Waals surface area contributed by atoms with Gasteiger partial charge in [-0.1, -0.05) is 6.92 Å². The molecule has 2 N–H and O–H groups in total. The van der Waals surface area contributed by atoms with Gasteiger partial charge in [0.2, 0.25) is 0 Å². The molecule has 0 spiro atoms. The number of piperidine rings is 1. The summed E-state index contributed by atoms with van der Waals surface area (Å²) in [6.45, 7) is 4.28. The smallest absolute Gasteiger partial charge is 0.423 e. The summed E-state index contributed by atoms with van der Waals surface area (Å²) in [7, 11) is -1.46. The van der Waals surface area contributed by atoms with Crippen molar-refractivity contribution in [2.45, 2.75) is 19.8 Å². The van der Waals surface area contributed by atoms with E-state index in [4.69, 9.17) is 10.0 Å². The van der Waals surface area contributed by atoms with Crippen LogP contribution in [0.25, 0.3) is 0 Å². The summed E-state index contributed by atoms with van der Waals surface area (Å²) in [5, 5.41) is 18.1. The summed E-state index contributed by atoms with van der Waals surface area (Å²) in [5.41, 5.74) is 0.408. The van der Waals surface area contributed by atoms with Gasteiger partial charge in [-0.05, 0) is 40.8 Å². The second-order valence-electron chi connectivity index (χ2n) is 4.62. The number of rotatable bonds is 2. The summed E-state index contributed by atoms with van der Waals surface area (Å²) < 4.78 is 0.817. The van der Waals surface area contributed by atoms with Gasteiger partial charge in [0.25, 0.3) is 0 Å². The number of nitrogens with zero attached hydrogens (tertiary/aromatic N) is 2. The minimum absolute atomic E-state index is 0.408. The van der Waals surface area contributed by atoms with Crippen LogP contribution in [0.2, 0.25) is 0 Å². The molecule has 2 heterocycles. The lowest BCUT2D eigenvalue weighted by atomic mass is 9.82. The summed E-state index contributed by atoms with van der Waals surface area (Å²) in [4.78, 5) is 6.54. The van der Waals surface area contributed by atoms with Crippen LogP contribution in [0.5, 0.6) is 0 Å². The van der Waals surface area contributed by atoms with Crippen LogP contribution in [0.15, 0.2) is 16.7 Å². The first kappa shape index (κ1) is 12.9. The fourth-order valence-electron chi connectivity index (χ4n) is 2.04. The van der Waals surface area contributed by atoms with Crippen LogP contribution in [0, 0.1) is 5.92 Å². The monoisotopic (exact) mass is 298 g/mol. The van der Waals surface area contributed by atoms with Crippen molar-refractivity contribution in [2.24, 2.45) is 5.92 Å². The summed E-state index contributed by atoms with van der Waals surface area (Å²) in [5.74, 6) is 1.67. The Balaban J connectivity index is 2.16. The molecule has 0 bridgehead atoms. The van der Waals surface area contributed by atoms with E-state index in [2.05, 4.69) is 32.7 Å². The first-order chi connectivity index (χ1) is 8.08. The summed E-state index contributed by atoms with van der Waals surface area (Å²) >= 11 is 3.44. The molecule has 17 heavy (non-hydrogen) atoms. The molecular formula is C11H16BBrN2O2. The molecule has 1 fully saturated rings. The molecule has 1 saturated heterocycles. The zero-order valence-electron chi connectivity index (χ0n) is 9.80. The van der Waals surface area contributed by atoms with Gasteiger partial charge in [0, 0.05) is 24.7 Å². The zero-order valence-corrected chi connectivity index (χ0v) is 11.4. The average molecular weight is 299 g/mol. The summed E-state index contributed by atoms with van der Waals surface area (Å²) in [6.07, 6.45) is 3.87. The number of aromatic nitrogens is 1. The third-order valence-corrected chi connectivity index (χ3v) is 3.81. The van der Waals surface area contributed by atoms with Crippen LogP contribution in [-0.2, 0) is 0 Å². The average Bonchev–Trinajstić information content (AvgIpc) is 2.30. The molecule has 0 aromatic carbocycles. The van der Waals surface area contributed by atoms with Crippen LogP contribution >= 0.6 is 15.9 Å². The van der Waals surface area contributed by atoms with Crippen molar-refractivity contribution in [1.29, 1.82) is 0 Å². The minimum atomic E-state index is -1.46. The molecule has 6 heteroatoms. The van der Waals surface area contributed by atoms with Gasteiger partial charge < -0.3 is 14.9 Å². The third-order valence-electron chi connectivity index (χ3n) is 3.22. The van der Waals surface area contributed by atoms with Crippen LogP contribution in [-0.4, -0.2) is 35.2 Å². The number of hydrogen-bond acceptors (Lipinski definition) is 4. The van der Waals surface area contributed by atoms with Crippen LogP contribution in [0.1, 0.15) is 19.8 Å². The van der Waals surface area contributed by atoms with Crippen molar-refractivity contribution in [3.63, 3.8) is 0 Å². The second-order valence-corrected chi connectivity index (χ2v) is 5.47. The Bertz CT molecular complexity index is 395. The van der Waals surface area contributed by atoms with E-state index in [0.29, 0.717) is 5.46 Å². The van der Waals surface area contributed by atoms with Gasteiger partial charge >= 0.3 is 7.12 Å². The zero-order chi connectivity index (χ0) is 12.4. The molecule has 0 amide bonds. The number of hydrogen-bond donors (Lipinski definition) is 2. The lowest BCUT2D eigenvalue weighted by Gasteiger charge is -2.31. The van der Waals surface area contributed by atoms with Crippen molar-refractivity contribution in [3.05, 3.63) is 16.7 Å². The van der Waals surface area contributed by atoms with E-state index < -0.39 is 7.12 Å². The van der Waals surface area contributed by atoms with Gasteiger partial charge in [-0.3, -0.25) is 0 Å². The van der Waals surface area contributed by atoms with Gasteiger partial charge in [-0.25, -0.2) is 4.98 Å². The normalized spacial score (nSPS) is 17.3. The fraction of sp³-hybridized carbons (Fsp3) is 0.545. The van der Waals surface area contributed by atoms with E-state index in [1.54, 1.807) is 6.07 Å². The maximum Gasteiger partial charge on any atom is 0.490 e. The highest BCUT2D eigenvalue weighted by molar-refractivity contribution is 9.10. The molecule has 0 radical (unpaired) electrons. The second kappa shape index (κ2) is 5.37. The molecule has 0 unspecified atom stereocenters. The lowest BCUT2D eigenvalue weighted by Crippen LogP contribution is -2.35. The van der Waals surface area contributed by atoms with Crippen LogP contribution in [0.3, 0.4) is 0 Å². The molecule has 1 aliphatic rings. The predicted octanol–water partition coefficient (Wildman–Crippen LogP) is 0.760. The predicted molar refractivity (Wildman–Crippen MR) is 72.4 cm³/mol. The molecule has 1 aliphatic heterocycles. The number of pyridine rings is 1. The third kappa shape index (κ3) is 3.00. The first-order valence-corrected chi connectivity index (χ1v) is 6.63. The van der Waals surface area contributed by atoms with E-state index >= 15 is 0 Å². The Morgan fingerprint density at radius 2 is 2.06 bits per heavy atom. The van der Waals surface area contributed by atoms with E-state index in [1.165, 1.54) is 19.0 Å². The number of halogens is 1. The van der Waals surface area contributed by atoms with E-state index in [1.807, 2.05) is 0 Å². The quantitative estimate of drug-likeness (QED) is 0.792. The standard InChI is InChI=1S/C11H16BBrN2O2/c1-8-2-4-15(5-3-8)11-10(13)6-9(7-14-11)12(16)17/h6-8,16-17H,2-5H2,1H3. The van der Waals surface area contributed by atoms with Crippen molar-refractivity contribution in [2.75, 3.05) is 18.0 Å². The van der Waals surface area contributed by atoms with Crippen LogP contribution in [0.4, 0.5) is 5.82 Å². The molecule has 92 valence electrons. The Morgan fingerprint density at radius 3 is 2.59 bits per heavy atom. The van der Waals surface area contributed by atoms with Crippen LogP contribution < -0.4 is 10.4 Å². The Morgan fingerprint density at radius 1 is 1.41 bits per heavy atom. The van der Waals surface area contributed by atoms with Gasteiger partial charge in [-0.15, -0.1) is 0 Å². The summed E-state index contributed by atoms with van der Waals surface area (Å²) in [6, 6.07) is 1.71. The Kier molecular flexibility index (Phi) is 4.07. The number of anilines is 1. The molecule has 1 aromatic heterocycles. The van der Waals surface area contributed by atoms with Crippen molar-refractivity contribution in [3.8, 4) is 0 Å². The SMILES string of the molecule is CC1CCN(c2ncc(B(O)O)cc2Br)CC1. The lowest BCUT2D eigenvalue weighted by molar-refractivity contribution is 0.425. The van der Waals surface area contributed by atoms with Crippen molar-refractivity contribution >= 4 is 34.3 Å². The maximum atomic E-state index is 9.07. The largest absolute Gasteiger partial charge is 0.490 e.